The van der Waals surface area contributed by atoms with Gasteiger partial charge in [0.05, 0.1) is 11.5 Å². The van der Waals surface area contributed by atoms with Crippen molar-refractivity contribution in [2.45, 2.75) is 6.54 Å². The Morgan fingerprint density at radius 2 is 2.24 bits per heavy atom. The normalized spacial score (nSPS) is 10.4. The lowest BCUT2D eigenvalue weighted by atomic mass is 10.2. The lowest BCUT2D eigenvalue weighted by molar-refractivity contribution is -0.385. The molecular formula is C10H7BrN2O3S. The predicted octanol–water partition coefficient (Wildman–Crippen LogP) is 2.63. The van der Waals surface area contributed by atoms with Crippen LogP contribution in [0.4, 0.5) is 5.69 Å². The Labute approximate surface area is 109 Å². The number of nitrogens with zero attached hydrogens (tertiary/aromatic N) is 2. The largest absolute Gasteiger partial charge is 0.307 e. The van der Waals surface area contributed by atoms with E-state index in [4.69, 9.17) is 0 Å². The minimum Gasteiger partial charge on any atom is -0.301 e. The molecule has 7 heteroatoms. The molecule has 2 aromatic rings. The van der Waals surface area contributed by atoms with Gasteiger partial charge in [-0.3, -0.25) is 14.9 Å². The number of aromatic nitrogens is 1. The molecule has 0 radical (unpaired) electrons. The zero-order valence-corrected chi connectivity index (χ0v) is 10.9. The molecule has 5 nitrogen and oxygen atoms in total. The summed E-state index contributed by atoms with van der Waals surface area (Å²) in [5.74, 6) is 0. The van der Waals surface area contributed by atoms with E-state index in [-0.39, 0.29) is 17.1 Å². The molecule has 0 fully saturated rings. The van der Waals surface area contributed by atoms with Crippen LogP contribution >= 0.6 is 27.3 Å². The molecule has 0 saturated carbocycles. The average molecular weight is 315 g/mol. The second-order valence-electron chi connectivity index (χ2n) is 3.33. The number of nitro benzene ring substituents is 1. The third-order valence-corrected chi connectivity index (χ3v) is 3.42. The molecule has 0 aliphatic carbocycles. The fourth-order valence-electron chi connectivity index (χ4n) is 1.43. The first-order chi connectivity index (χ1) is 8.08. The Bertz CT molecular complexity index is 620. The van der Waals surface area contributed by atoms with Crippen molar-refractivity contribution in [1.29, 1.82) is 0 Å². The van der Waals surface area contributed by atoms with E-state index in [1.165, 1.54) is 10.6 Å². The lowest BCUT2D eigenvalue weighted by Gasteiger charge is -2.03. The topological polar surface area (TPSA) is 65.1 Å². The highest BCUT2D eigenvalue weighted by Crippen LogP contribution is 2.24. The van der Waals surface area contributed by atoms with E-state index in [1.54, 1.807) is 23.7 Å². The lowest BCUT2D eigenvalue weighted by Crippen LogP contribution is -2.13. The van der Waals surface area contributed by atoms with Gasteiger partial charge in [0.25, 0.3) is 5.69 Å². The van der Waals surface area contributed by atoms with Crippen LogP contribution in [0, 0.1) is 10.1 Å². The van der Waals surface area contributed by atoms with E-state index in [1.807, 2.05) is 0 Å². The first-order valence-electron chi connectivity index (χ1n) is 4.64. The van der Waals surface area contributed by atoms with Crippen molar-refractivity contribution in [1.82, 2.24) is 4.57 Å². The van der Waals surface area contributed by atoms with Crippen molar-refractivity contribution in [2.75, 3.05) is 0 Å². The van der Waals surface area contributed by atoms with Crippen molar-refractivity contribution in [3.05, 3.63) is 59.6 Å². The smallest absolute Gasteiger partial charge is 0.301 e. The van der Waals surface area contributed by atoms with Crippen LogP contribution in [0.15, 0.2) is 39.0 Å². The minimum atomic E-state index is -0.447. The second kappa shape index (κ2) is 4.80. The summed E-state index contributed by atoms with van der Waals surface area (Å²) in [5.41, 5.74) is 0.524. The van der Waals surface area contributed by atoms with E-state index in [0.717, 1.165) is 11.3 Å². The van der Waals surface area contributed by atoms with E-state index in [2.05, 4.69) is 15.9 Å². The fourth-order valence-corrected chi connectivity index (χ4v) is 2.37. The molecular weight excluding hydrogens is 308 g/mol. The molecule has 0 N–H and O–H groups in total. The first kappa shape index (κ1) is 12.0. The number of thiazole rings is 1. The number of hydrogen-bond acceptors (Lipinski definition) is 4. The van der Waals surface area contributed by atoms with E-state index in [9.17, 15) is 14.9 Å². The third-order valence-electron chi connectivity index (χ3n) is 2.23. The molecule has 0 spiro atoms. The summed E-state index contributed by atoms with van der Waals surface area (Å²) < 4.78 is 2.09. The predicted molar refractivity (Wildman–Crippen MR) is 68.5 cm³/mol. The number of benzene rings is 1. The van der Waals surface area contributed by atoms with Gasteiger partial charge in [-0.25, -0.2) is 0 Å². The first-order valence-corrected chi connectivity index (χ1v) is 6.32. The van der Waals surface area contributed by atoms with Crippen LogP contribution in [0.3, 0.4) is 0 Å². The van der Waals surface area contributed by atoms with E-state index >= 15 is 0 Å². The Morgan fingerprint density at radius 3 is 2.82 bits per heavy atom. The molecule has 88 valence electrons. The summed E-state index contributed by atoms with van der Waals surface area (Å²) in [7, 11) is 0. The molecule has 0 amide bonds. The van der Waals surface area contributed by atoms with Gasteiger partial charge in [-0.1, -0.05) is 27.3 Å². The zero-order valence-electron chi connectivity index (χ0n) is 8.50. The van der Waals surface area contributed by atoms with Crippen LogP contribution in [-0.4, -0.2) is 9.49 Å². The Kier molecular flexibility index (Phi) is 3.39. The van der Waals surface area contributed by atoms with Gasteiger partial charge < -0.3 is 4.57 Å². The zero-order chi connectivity index (χ0) is 12.4. The van der Waals surface area contributed by atoms with Crippen LogP contribution in [0.5, 0.6) is 0 Å². The van der Waals surface area contributed by atoms with Crippen molar-refractivity contribution in [2.24, 2.45) is 0 Å². The number of nitro groups is 1. The summed E-state index contributed by atoms with van der Waals surface area (Å²) in [6.45, 7) is 0.214. The van der Waals surface area contributed by atoms with Crippen LogP contribution in [0.2, 0.25) is 0 Å². The van der Waals surface area contributed by atoms with Gasteiger partial charge in [-0.2, -0.15) is 0 Å². The van der Waals surface area contributed by atoms with Crippen LogP contribution in [0.1, 0.15) is 5.56 Å². The molecule has 0 atom stereocenters. The maximum Gasteiger partial charge on any atom is 0.307 e. The van der Waals surface area contributed by atoms with Crippen LogP contribution in [-0.2, 0) is 6.54 Å². The highest BCUT2D eigenvalue weighted by atomic mass is 79.9. The Hall–Kier alpha value is -1.47. The molecule has 0 aliphatic heterocycles. The number of halogens is 1. The number of rotatable bonds is 3. The second-order valence-corrected chi connectivity index (χ2v) is 5.10. The molecule has 1 heterocycles. The van der Waals surface area contributed by atoms with Crippen molar-refractivity contribution >= 4 is 33.0 Å². The standard InChI is InChI=1S/C10H7BrN2O3S/c11-8-2-1-7(9(5-8)13(15)16)6-12-3-4-17-10(12)14/h1-5H,6H2. The van der Waals surface area contributed by atoms with Gasteiger partial charge in [-0.05, 0) is 12.1 Å². The molecule has 2 rings (SSSR count). The monoisotopic (exact) mass is 314 g/mol. The maximum absolute atomic E-state index is 11.4. The summed E-state index contributed by atoms with van der Waals surface area (Å²) in [4.78, 5) is 21.7. The summed E-state index contributed by atoms with van der Waals surface area (Å²) >= 11 is 4.26. The molecule has 0 aliphatic rings. The SMILES string of the molecule is O=c1sccn1Cc1ccc(Br)cc1[N+](=O)[O-]. The quantitative estimate of drug-likeness (QED) is 0.646. The highest BCUT2D eigenvalue weighted by molar-refractivity contribution is 9.10. The average Bonchev–Trinajstić information content (AvgIpc) is 2.67. The van der Waals surface area contributed by atoms with E-state index in [0.29, 0.717) is 10.0 Å². The van der Waals surface area contributed by atoms with Gasteiger partial charge >= 0.3 is 4.87 Å². The van der Waals surface area contributed by atoms with Crippen molar-refractivity contribution < 1.29 is 4.92 Å². The molecule has 0 bridgehead atoms. The fraction of sp³-hybridized carbons (Fsp3) is 0.100. The van der Waals surface area contributed by atoms with Gasteiger partial charge in [-0.15, -0.1) is 0 Å². The van der Waals surface area contributed by atoms with E-state index < -0.39 is 4.92 Å². The Balaban J connectivity index is 2.42. The minimum absolute atomic E-state index is 0.0116. The van der Waals surface area contributed by atoms with Gasteiger partial charge in [0.1, 0.15) is 0 Å². The highest BCUT2D eigenvalue weighted by Gasteiger charge is 2.14. The van der Waals surface area contributed by atoms with Crippen molar-refractivity contribution in [3.8, 4) is 0 Å². The van der Waals surface area contributed by atoms with Gasteiger partial charge in [0, 0.05) is 27.7 Å². The molecule has 17 heavy (non-hydrogen) atoms. The molecule has 0 saturated heterocycles. The number of hydrogen-bond donors (Lipinski definition) is 0. The maximum atomic E-state index is 11.4. The summed E-state index contributed by atoms with van der Waals surface area (Å²) in [6, 6.07) is 4.80. The third kappa shape index (κ3) is 2.62. The molecule has 1 aromatic carbocycles. The molecule has 1 aromatic heterocycles. The Morgan fingerprint density at radius 1 is 1.47 bits per heavy atom. The summed E-state index contributed by atoms with van der Waals surface area (Å²) in [5, 5.41) is 12.5. The van der Waals surface area contributed by atoms with Crippen LogP contribution in [0.25, 0.3) is 0 Å². The van der Waals surface area contributed by atoms with Crippen molar-refractivity contribution in [3.63, 3.8) is 0 Å². The van der Waals surface area contributed by atoms with Gasteiger partial charge in [0.15, 0.2) is 0 Å². The molecule has 0 unspecified atom stereocenters. The van der Waals surface area contributed by atoms with Crippen LogP contribution < -0.4 is 4.87 Å². The summed E-state index contributed by atoms with van der Waals surface area (Å²) in [6.07, 6.45) is 1.62. The van der Waals surface area contributed by atoms with Gasteiger partial charge in [0.2, 0.25) is 0 Å².